The van der Waals surface area contributed by atoms with E-state index in [2.05, 4.69) is 30.9 Å². The number of ether oxygens (including phenoxy) is 1. The number of hydrazine groups is 1. The van der Waals surface area contributed by atoms with Crippen LogP contribution in [0.5, 0.6) is 0 Å². The molecular formula is C22H32N7O3+. The third kappa shape index (κ3) is 5.85. The van der Waals surface area contributed by atoms with Crippen LogP contribution in [0.25, 0.3) is 22.2 Å². The van der Waals surface area contributed by atoms with E-state index in [4.69, 9.17) is 15.1 Å². The third-order valence-electron chi connectivity index (χ3n) is 4.70. The van der Waals surface area contributed by atoms with Crippen molar-refractivity contribution in [1.82, 2.24) is 15.1 Å². The minimum Gasteiger partial charge on any atom is -0.430 e. The molecule has 0 spiro atoms. The molecule has 0 radical (unpaired) electrons. The highest BCUT2D eigenvalue weighted by Gasteiger charge is 2.17. The highest BCUT2D eigenvalue weighted by atomic mass is 16.6. The van der Waals surface area contributed by atoms with E-state index in [0.29, 0.717) is 24.7 Å². The van der Waals surface area contributed by atoms with Crippen molar-refractivity contribution in [1.29, 1.82) is 0 Å². The lowest BCUT2D eigenvalue weighted by Gasteiger charge is -2.15. The lowest BCUT2D eigenvalue weighted by molar-refractivity contribution is -0.481. The number of benzene rings is 1. The van der Waals surface area contributed by atoms with Gasteiger partial charge in [-0.25, -0.2) is 15.8 Å². The maximum Gasteiger partial charge on any atom is 0.545 e. The van der Waals surface area contributed by atoms with Crippen molar-refractivity contribution < 1.29 is 19.4 Å². The molecule has 0 fully saturated rings. The Kier molecular flexibility index (Phi) is 7.14. The summed E-state index contributed by atoms with van der Waals surface area (Å²) >= 11 is 0. The SMILES string of the molecule is Cc1noc(C)c1-c1ccc2nc(NCCCC[NH+]=C(O)OC(C)(C)C)c(NN)nc2c1. The van der Waals surface area contributed by atoms with Gasteiger partial charge in [-0.1, -0.05) is 11.2 Å². The standard InChI is InChI=1S/C22H31N7O3/c1-13-18(14(2)32-29-13)15-8-9-16-17(12-15)27-20(28-23)19(26-16)24-10-6-7-11-25-21(30)31-22(3,4)5/h8-9,12H,6-7,10-11,23H2,1-5H3,(H,24,26)(H,25,30)(H,27,28)/p+1. The van der Waals surface area contributed by atoms with Crippen molar-refractivity contribution in [3.05, 3.63) is 29.7 Å². The summed E-state index contributed by atoms with van der Waals surface area (Å²) in [5.41, 5.74) is 6.41. The fraction of sp³-hybridized carbons (Fsp3) is 0.455. The molecular weight excluding hydrogens is 410 g/mol. The summed E-state index contributed by atoms with van der Waals surface area (Å²) in [7, 11) is 0. The first-order chi connectivity index (χ1) is 15.2. The minimum absolute atomic E-state index is 0.156. The molecule has 0 saturated carbocycles. The predicted molar refractivity (Wildman–Crippen MR) is 124 cm³/mol. The number of fused-ring (bicyclic) bond motifs is 1. The van der Waals surface area contributed by atoms with Gasteiger partial charge in [-0.3, -0.25) is 0 Å². The Labute approximate surface area is 187 Å². The van der Waals surface area contributed by atoms with Crippen LogP contribution < -0.4 is 21.6 Å². The number of aromatic nitrogens is 3. The number of aliphatic hydroxyl groups excluding tert-OH is 1. The Hall–Kier alpha value is -3.40. The smallest absolute Gasteiger partial charge is 0.430 e. The van der Waals surface area contributed by atoms with Gasteiger partial charge in [0.15, 0.2) is 11.6 Å². The molecule has 0 amide bonds. The molecule has 0 aliphatic heterocycles. The first-order valence-electron chi connectivity index (χ1n) is 10.6. The molecule has 3 rings (SSSR count). The van der Waals surface area contributed by atoms with Gasteiger partial charge in [-0.05, 0) is 58.7 Å². The Morgan fingerprint density at radius 3 is 2.56 bits per heavy atom. The number of rotatable bonds is 8. The number of nitrogen functional groups attached to an aromatic ring is 1. The highest BCUT2D eigenvalue weighted by Crippen LogP contribution is 2.30. The molecule has 3 aromatic rings. The average molecular weight is 443 g/mol. The van der Waals surface area contributed by atoms with Gasteiger partial charge < -0.3 is 25.1 Å². The highest BCUT2D eigenvalue weighted by molar-refractivity contribution is 5.85. The summed E-state index contributed by atoms with van der Waals surface area (Å²) in [4.78, 5) is 12.1. The van der Waals surface area contributed by atoms with Crippen molar-refractivity contribution in [2.75, 3.05) is 23.8 Å². The molecule has 0 saturated heterocycles. The number of aryl methyl sites for hydroxylation is 2. The van der Waals surface area contributed by atoms with E-state index in [1.165, 1.54) is 0 Å². The maximum atomic E-state index is 9.72. The molecule has 32 heavy (non-hydrogen) atoms. The van der Waals surface area contributed by atoms with Gasteiger partial charge in [0.2, 0.25) is 0 Å². The Balaban J connectivity index is 1.64. The number of unbranched alkanes of at least 4 members (excludes halogenated alkanes) is 1. The Morgan fingerprint density at radius 1 is 1.16 bits per heavy atom. The van der Waals surface area contributed by atoms with Crippen LogP contribution in [0.1, 0.15) is 45.1 Å². The van der Waals surface area contributed by atoms with E-state index in [-0.39, 0.29) is 6.08 Å². The number of hydrogen-bond donors (Lipinski definition) is 5. The first-order valence-corrected chi connectivity index (χ1v) is 10.6. The van der Waals surface area contributed by atoms with Gasteiger partial charge in [0.1, 0.15) is 17.9 Å². The molecule has 0 aliphatic rings. The fourth-order valence-corrected chi connectivity index (χ4v) is 3.31. The van der Waals surface area contributed by atoms with Crippen molar-refractivity contribution in [3.63, 3.8) is 0 Å². The zero-order chi connectivity index (χ0) is 23.3. The summed E-state index contributed by atoms with van der Waals surface area (Å²) in [5, 5.41) is 17.0. The number of nitrogens with two attached hydrogens (primary N) is 1. The number of aliphatic hydroxyl groups is 1. The van der Waals surface area contributed by atoms with Gasteiger partial charge in [-0.15, -0.1) is 0 Å². The van der Waals surface area contributed by atoms with Crippen LogP contribution in [-0.2, 0) is 4.74 Å². The van der Waals surface area contributed by atoms with E-state index < -0.39 is 5.60 Å². The van der Waals surface area contributed by atoms with Crippen LogP contribution in [0, 0.1) is 13.8 Å². The lowest BCUT2D eigenvalue weighted by atomic mass is 10.0. The second kappa shape index (κ2) is 9.82. The number of hydrogen-bond acceptors (Lipinski definition) is 8. The zero-order valence-electron chi connectivity index (χ0n) is 19.2. The van der Waals surface area contributed by atoms with Crippen LogP contribution in [0.15, 0.2) is 22.7 Å². The first kappa shape index (κ1) is 23.3. The molecule has 10 nitrogen and oxygen atoms in total. The molecule has 2 aromatic heterocycles. The summed E-state index contributed by atoms with van der Waals surface area (Å²) in [6.07, 6.45) is 1.53. The van der Waals surface area contributed by atoms with Gasteiger partial charge in [0.05, 0.1) is 16.7 Å². The number of anilines is 2. The number of nitrogens with zero attached hydrogens (tertiary/aromatic N) is 3. The molecule has 2 heterocycles. The monoisotopic (exact) mass is 442 g/mol. The minimum atomic E-state index is -0.438. The van der Waals surface area contributed by atoms with Crippen molar-refractivity contribution >= 4 is 28.8 Å². The largest absolute Gasteiger partial charge is 0.545 e. The molecule has 0 atom stereocenters. The van der Waals surface area contributed by atoms with Crippen molar-refractivity contribution in [2.24, 2.45) is 5.84 Å². The van der Waals surface area contributed by atoms with Gasteiger partial charge in [-0.2, -0.15) is 4.99 Å². The van der Waals surface area contributed by atoms with Gasteiger partial charge in [0, 0.05) is 18.5 Å². The van der Waals surface area contributed by atoms with Crippen LogP contribution in [0.4, 0.5) is 11.6 Å². The van der Waals surface area contributed by atoms with E-state index in [1.807, 2.05) is 52.8 Å². The van der Waals surface area contributed by atoms with E-state index >= 15 is 0 Å². The van der Waals surface area contributed by atoms with E-state index in [0.717, 1.165) is 46.5 Å². The van der Waals surface area contributed by atoms with Crippen molar-refractivity contribution in [3.8, 4) is 11.1 Å². The second-order valence-electron chi connectivity index (χ2n) is 8.55. The molecule has 0 unspecified atom stereocenters. The molecule has 1 aromatic carbocycles. The third-order valence-corrected chi connectivity index (χ3v) is 4.70. The van der Waals surface area contributed by atoms with E-state index in [1.54, 1.807) is 0 Å². The topological polar surface area (TPSA) is 145 Å². The molecule has 10 heteroatoms. The Bertz CT molecular complexity index is 1080. The normalized spacial score (nSPS) is 12.2. The maximum absolute atomic E-state index is 9.72. The zero-order valence-corrected chi connectivity index (χ0v) is 19.2. The summed E-state index contributed by atoms with van der Waals surface area (Å²) in [6, 6.07) is 5.86. The quantitative estimate of drug-likeness (QED) is 0.116. The second-order valence-corrected chi connectivity index (χ2v) is 8.55. The summed E-state index contributed by atoms with van der Waals surface area (Å²) < 4.78 is 10.6. The Morgan fingerprint density at radius 2 is 1.91 bits per heavy atom. The molecule has 6 N–H and O–H groups in total. The van der Waals surface area contributed by atoms with Crippen molar-refractivity contribution in [2.45, 2.75) is 53.1 Å². The molecule has 0 aliphatic carbocycles. The van der Waals surface area contributed by atoms with Crippen LogP contribution in [0.2, 0.25) is 0 Å². The summed E-state index contributed by atoms with van der Waals surface area (Å²) in [6.45, 7) is 10.7. The average Bonchev–Trinajstić information content (AvgIpc) is 3.06. The summed E-state index contributed by atoms with van der Waals surface area (Å²) in [5.74, 6) is 7.50. The lowest BCUT2D eigenvalue weighted by Crippen LogP contribution is -2.74. The van der Waals surface area contributed by atoms with Gasteiger partial charge in [0.25, 0.3) is 0 Å². The fourth-order valence-electron chi connectivity index (χ4n) is 3.31. The van der Waals surface area contributed by atoms with Gasteiger partial charge >= 0.3 is 6.08 Å². The molecule has 0 bridgehead atoms. The van der Waals surface area contributed by atoms with Crippen LogP contribution in [0.3, 0.4) is 0 Å². The van der Waals surface area contributed by atoms with E-state index in [9.17, 15) is 5.11 Å². The van der Waals surface area contributed by atoms with Crippen LogP contribution >= 0.6 is 0 Å². The molecule has 172 valence electrons. The predicted octanol–water partition coefficient (Wildman–Crippen LogP) is 2.19. The number of nitrogens with one attached hydrogen (secondary N) is 3. The van der Waals surface area contributed by atoms with Crippen LogP contribution in [-0.4, -0.2) is 45.0 Å².